The molecule has 0 spiro atoms. The Kier molecular flexibility index (Phi) is 7.36. The van der Waals surface area contributed by atoms with Crippen LogP contribution in [0, 0.1) is 12.7 Å². The van der Waals surface area contributed by atoms with Gasteiger partial charge in [0.05, 0.1) is 18.7 Å². The van der Waals surface area contributed by atoms with E-state index in [1.165, 1.54) is 13.2 Å². The maximum atomic E-state index is 14.5. The van der Waals surface area contributed by atoms with Gasteiger partial charge in [0, 0.05) is 5.56 Å². The van der Waals surface area contributed by atoms with Gasteiger partial charge in [-0.15, -0.1) is 0 Å². The van der Waals surface area contributed by atoms with E-state index >= 15 is 0 Å². The molecule has 27 heavy (non-hydrogen) atoms. The Morgan fingerprint density at radius 3 is 2.41 bits per heavy atom. The molecule has 2 aromatic rings. The van der Waals surface area contributed by atoms with Crippen molar-refractivity contribution in [2.75, 3.05) is 13.7 Å². The Bertz CT molecular complexity index is 893. The Morgan fingerprint density at radius 1 is 1.11 bits per heavy atom. The monoisotopic (exact) mass is 432 g/mol. The summed E-state index contributed by atoms with van der Waals surface area (Å²) >= 11 is 17.7. The fraction of sp³-hybridized carbons (Fsp3) is 0.211. The van der Waals surface area contributed by atoms with Crippen molar-refractivity contribution >= 4 is 46.3 Å². The first-order valence-electron chi connectivity index (χ1n) is 7.82. The summed E-state index contributed by atoms with van der Waals surface area (Å²) in [6, 6.07) is 7.50. The summed E-state index contributed by atoms with van der Waals surface area (Å²) in [5.74, 6) is -0.746. The van der Waals surface area contributed by atoms with Gasteiger partial charge in [0.2, 0.25) is 0 Å². The zero-order chi connectivity index (χ0) is 20.1. The average molecular weight is 434 g/mol. The van der Waals surface area contributed by atoms with Crippen LogP contribution in [0.2, 0.25) is 5.02 Å². The SMILES string of the molecule is CCOC(=O)C(=C(Cl)Cl)c1cc(Oc2ccc(C)cc2OC)c(Cl)cc1F. The van der Waals surface area contributed by atoms with Crippen molar-refractivity contribution in [2.24, 2.45) is 0 Å². The summed E-state index contributed by atoms with van der Waals surface area (Å²) in [4.78, 5) is 12.1. The smallest absolute Gasteiger partial charge is 0.341 e. The quantitative estimate of drug-likeness (QED) is 0.396. The highest BCUT2D eigenvalue weighted by Gasteiger charge is 2.23. The van der Waals surface area contributed by atoms with E-state index in [1.807, 2.05) is 13.0 Å². The molecule has 0 saturated carbocycles. The van der Waals surface area contributed by atoms with Crippen LogP contribution in [0.4, 0.5) is 4.39 Å². The van der Waals surface area contributed by atoms with Gasteiger partial charge >= 0.3 is 5.97 Å². The zero-order valence-electron chi connectivity index (χ0n) is 14.7. The third-order valence-corrected chi connectivity index (χ3v) is 4.17. The molecule has 2 rings (SSSR count). The maximum absolute atomic E-state index is 14.5. The van der Waals surface area contributed by atoms with Gasteiger partial charge in [-0.25, -0.2) is 9.18 Å². The molecule has 4 nitrogen and oxygen atoms in total. The predicted molar refractivity (Wildman–Crippen MR) is 104 cm³/mol. The molecular formula is C19H16Cl3FO4. The lowest BCUT2D eigenvalue weighted by atomic mass is 10.1. The van der Waals surface area contributed by atoms with Crippen LogP contribution in [0.5, 0.6) is 17.2 Å². The van der Waals surface area contributed by atoms with Crippen LogP contribution in [0.3, 0.4) is 0 Å². The van der Waals surface area contributed by atoms with E-state index in [1.54, 1.807) is 19.1 Å². The molecule has 2 aromatic carbocycles. The van der Waals surface area contributed by atoms with Gasteiger partial charge in [0.15, 0.2) is 11.5 Å². The van der Waals surface area contributed by atoms with E-state index in [-0.39, 0.29) is 28.5 Å². The van der Waals surface area contributed by atoms with Crippen LogP contribution >= 0.6 is 34.8 Å². The van der Waals surface area contributed by atoms with Crippen molar-refractivity contribution in [3.8, 4) is 17.2 Å². The normalized spacial score (nSPS) is 10.3. The van der Waals surface area contributed by atoms with E-state index in [0.29, 0.717) is 11.5 Å². The van der Waals surface area contributed by atoms with Crippen LogP contribution in [0.25, 0.3) is 5.57 Å². The Morgan fingerprint density at radius 2 is 1.81 bits per heavy atom. The molecule has 8 heteroatoms. The Labute approximate surface area is 171 Å². The second-order valence-corrected chi connectivity index (χ2v) is 6.73. The summed E-state index contributed by atoms with van der Waals surface area (Å²) in [6.45, 7) is 3.57. The summed E-state index contributed by atoms with van der Waals surface area (Å²) in [7, 11) is 1.49. The van der Waals surface area contributed by atoms with Crippen molar-refractivity contribution in [1.29, 1.82) is 0 Å². The second kappa shape index (κ2) is 9.31. The molecule has 0 N–H and O–H groups in total. The number of carbonyl (C=O) groups excluding carboxylic acids is 1. The van der Waals surface area contributed by atoms with Gasteiger partial charge < -0.3 is 14.2 Å². The molecule has 0 bridgehead atoms. The molecule has 0 unspecified atom stereocenters. The van der Waals surface area contributed by atoms with Crippen molar-refractivity contribution < 1.29 is 23.4 Å². The number of methoxy groups -OCH3 is 1. The molecule has 0 atom stereocenters. The average Bonchev–Trinajstić information content (AvgIpc) is 2.60. The van der Waals surface area contributed by atoms with Gasteiger partial charge in [-0.2, -0.15) is 0 Å². The van der Waals surface area contributed by atoms with Crippen LogP contribution in [0.15, 0.2) is 34.8 Å². The molecule has 0 fully saturated rings. The van der Waals surface area contributed by atoms with Gasteiger partial charge in [0.25, 0.3) is 0 Å². The lowest BCUT2D eigenvalue weighted by Crippen LogP contribution is -2.09. The third-order valence-electron chi connectivity index (χ3n) is 3.50. The topological polar surface area (TPSA) is 44.8 Å². The minimum atomic E-state index is -0.863. The Hall–Kier alpha value is -1.95. The lowest BCUT2D eigenvalue weighted by Gasteiger charge is -2.15. The molecule has 0 aromatic heterocycles. The minimum absolute atomic E-state index is 0.00668. The molecule has 0 radical (unpaired) electrons. The number of esters is 1. The number of aryl methyl sites for hydroxylation is 1. The number of ether oxygens (including phenoxy) is 3. The number of hydrogen-bond donors (Lipinski definition) is 0. The first kappa shape index (κ1) is 21.4. The van der Waals surface area contributed by atoms with Crippen LogP contribution < -0.4 is 9.47 Å². The largest absolute Gasteiger partial charge is 0.493 e. The standard InChI is InChI=1S/C19H16Cl3FO4/c1-4-26-19(24)17(18(21)22)11-8-15(12(20)9-13(11)23)27-14-6-5-10(2)7-16(14)25-3/h5-9H,4H2,1-3H3. The third kappa shape index (κ3) is 5.06. The summed E-state index contributed by atoms with van der Waals surface area (Å²) in [5.41, 5.74) is 0.445. The van der Waals surface area contributed by atoms with Crippen molar-refractivity contribution in [3.05, 3.63) is 56.8 Å². The highest BCUT2D eigenvalue weighted by molar-refractivity contribution is 6.61. The van der Waals surface area contributed by atoms with E-state index in [2.05, 4.69) is 0 Å². The fourth-order valence-corrected chi connectivity index (χ4v) is 2.82. The highest BCUT2D eigenvalue weighted by Crippen LogP contribution is 2.39. The van der Waals surface area contributed by atoms with Gasteiger partial charge in [-0.05, 0) is 43.7 Å². The van der Waals surface area contributed by atoms with Gasteiger partial charge in [-0.1, -0.05) is 40.9 Å². The fourth-order valence-electron chi connectivity index (χ4n) is 2.27. The number of hydrogen-bond acceptors (Lipinski definition) is 4. The van der Waals surface area contributed by atoms with E-state index in [0.717, 1.165) is 11.6 Å². The van der Waals surface area contributed by atoms with Gasteiger partial charge in [-0.3, -0.25) is 0 Å². The van der Waals surface area contributed by atoms with Crippen molar-refractivity contribution in [3.63, 3.8) is 0 Å². The molecule has 0 amide bonds. The number of halogens is 4. The summed E-state index contributed by atoms with van der Waals surface area (Å²) in [6.07, 6.45) is 0. The minimum Gasteiger partial charge on any atom is -0.493 e. The van der Waals surface area contributed by atoms with E-state index in [4.69, 9.17) is 49.0 Å². The molecule has 0 heterocycles. The molecule has 144 valence electrons. The molecule has 0 saturated heterocycles. The molecule has 0 aliphatic carbocycles. The second-order valence-electron chi connectivity index (χ2n) is 5.37. The maximum Gasteiger partial charge on any atom is 0.341 e. The first-order chi connectivity index (χ1) is 12.8. The summed E-state index contributed by atoms with van der Waals surface area (Å²) < 4.78 is 30.0. The van der Waals surface area contributed by atoms with E-state index < -0.39 is 16.3 Å². The highest BCUT2D eigenvalue weighted by atomic mass is 35.5. The van der Waals surface area contributed by atoms with E-state index in [9.17, 15) is 9.18 Å². The van der Waals surface area contributed by atoms with Crippen LogP contribution in [0.1, 0.15) is 18.1 Å². The first-order valence-corrected chi connectivity index (χ1v) is 8.96. The number of rotatable bonds is 6. The number of benzene rings is 2. The molecule has 0 aliphatic rings. The lowest BCUT2D eigenvalue weighted by molar-refractivity contribution is -0.136. The zero-order valence-corrected chi connectivity index (χ0v) is 17.0. The van der Waals surface area contributed by atoms with Crippen molar-refractivity contribution in [1.82, 2.24) is 0 Å². The van der Waals surface area contributed by atoms with Crippen LogP contribution in [-0.4, -0.2) is 19.7 Å². The number of carbonyl (C=O) groups is 1. The van der Waals surface area contributed by atoms with Crippen LogP contribution in [-0.2, 0) is 9.53 Å². The Balaban J connectivity index is 2.53. The van der Waals surface area contributed by atoms with Gasteiger partial charge in [0.1, 0.15) is 21.6 Å². The summed E-state index contributed by atoms with van der Waals surface area (Å²) in [5, 5.41) is -0.00668. The molecular weight excluding hydrogens is 418 g/mol. The van der Waals surface area contributed by atoms with Crippen molar-refractivity contribution in [2.45, 2.75) is 13.8 Å². The molecule has 0 aliphatic heterocycles. The predicted octanol–water partition coefficient (Wildman–Crippen LogP) is 6.30.